The van der Waals surface area contributed by atoms with Crippen LogP contribution in [0.3, 0.4) is 0 Å². The Bertz CT molecular complexity index is 500. The number of aromatic amines is 1. The van der Waals surface area contributed by atoms with Crippen molar-refractivity contribution in [3.8, 4) is 0 Å². The van der Waals surface area contributed by atoms with E-state index in [4.69, 9.17) is 4.74 Å². The molecule has 84 valence electrons. The zero-order chi connectivity index (χ0) is 11.0. The summed E-state index contributed by atoms with van der Waals surface area (Å²) in [5, 5.41) is 1.12. The second-order valence-corrected chi connectivity index (χ2v) is 4.35. The van der Waals surface area contributed by atoms with Gasteiger partial charge in [0.15, 0.2) is 0 Å². The average Bonchev–Trinajstić information content (AvgIpc) is 2.73. The molecule has 1 aliphatic heterocycles. The van der Waals surface area contributed by atoms with Gasteiger partial charge in [-0.25, -0.2) is 4.39 Å². The summed E-state index contributed by atoms with van der Waals surface area (Å²) in [7, 11) is 0. The van der Waals surface area contributed by atoms with E-state index in [0.29, 0.717) is 5.92 Å². The number of hydrogen-bond donors (Lipinski definition) is 1. The Morgan fingerprint density at radius 1 is 1.38 bits per heavy atom. The maximum absolute atomic E-state index is 13.0. The van der Waals surface area contributed by atoms with Gasteiger partial charge >= 0.3 is 0 Å². The van der Waals surface area contributed by atoms with Crippen LogP contribution in [0.4, 0.5) is 4.39 Å². The van der Waals surface area contributed by atoms with E-state index in [1.165, 1.54) is 11.6 Å². The molecule has 1 fully saturated rings. The maximum Gasteiger partial charge on any atom is 0.125 e. The van der Waals surface area contributed by atoms with E-state index in [0.717, 1.165) is 37.0 Å². The monoisotopic (exact) mass is 219 g/mol. The molecular weight excluding hydrogens is 205 g/mol. The van der Waals surface area contributed by atoms with E-state index in [1.54, 1.807) is 6.07 Å². The number of nitrogens with one attached hydrogen (secondary N) is 1. The lowest BCUT2D eigenvalue weighted by molar-refractivity contribution is 0.0808. The Morgan fingerprint density at radius 3 is 3.12 bits per heavy atom. The highest BCUT2D eigenvalue weighted by Crippen LogP contribution is 2.31. The van der Waals surface area contributed by atoms with Crippen LogP contribution in [0.15, 0.2) is 24.4 Å². The zero-order valence-corrected chi connectivity index (χ0v) is 9.00. The molecule has 0 unspecified atom stereocenters. The molecule has 0 radical (unpaired) electrons. The van der Waals surface area contributed by atoms with Gasteiger partial charge in [0.25, 0.3) is 0 Å². The first-order valence-corrected chi connectivity index (χ1v) is 5.69. The Kier molecular flexibility index (Phi) is 2.40. The molecule has 3 rings (SSSR count). The molecule has 0 amide bonds. The molecule has 0 spiro atoms. The molecule has 3 heteroatoms. The predicted octanol–water partition coefficient (Wildman–Crippen LogP) is 3.20. The molecular formula is C13H14FNO. The molecule has 2 nitrogen and oxygen atoms in total. The largest absolute Gasteiger partial charge is 0.381 e. The van der Waals surface area contributed by atoms with Gasteiger partial charge in [0.1, 0.15) is 5.82 Å². The second-order valence-electron chi connectivity index (χ2n) is 4.35. The van der Waals surface area contributed by atoms with Gasteiger partial charge in [0.2, 0.25) is 0 Å². The number of halogens is 1. The summed E-state index contributed by atoms with van der Waals surface area (Å²) in [6.45, 7) is 1.65. The summed E-state index contributed by atoms with van der Waals surface area (Å²) in [6.07, 6.45) is 4.26. The third kappa shape index (κ3) is 1.61. The van der Waals surface area contributed by atoms with Crippen molar-refractivity contribution in [2.45, 2.75) is 18.8 Å². The maximum atomic E-state index is 13.0. The molecule has 16 heavy (non-hydrogen) atoms. The smallest absolute Gasteiger partial charge is 0.125 e. The minimum absolute atomic E-state index is 0.194. The number of ether oxygens (including phenoxy) is 1. The van der Waals surface area contributed by atoms with Crippen molar-refractivity contribution in [1.29, 1.82) is 0 Å². The van der Waals surface area contributed by atoms with Gasteiger partial charge in [-0.3, -0.25) is 0 Å². The normalized spacial score (nSPS) is 21.4. The third-order valence-electron chi connectivity index (χ3n) is 3.28. The highest BCUT2D eigenvalue weighted by Gasteiger charge is 2.19. The van der Waals surface area contributed by atoms with E-state index in [-0.39, 0.29) is 5.82 Å². The molecule has 2 heterocycles. The fraction of sp³-hybridized carbons (Fsp3) is 0.385. The van der Waals surface area contributed by atoms with E-state index < -0.39 is 0 Å². The summed E-state index contributed by atoms with van der Waals surface area (Å²) < 4.78 is 18.5. The Morgan fingerprint density at radius 2 is 2.31 bits per heavy atom. The van der Waals surface area contributed by atoms with Crippen LogP contribution in [0.1, 0.15) is 24.3 Å². The van der Waals surface area contributed by atoms with Crippen LogP contribution >= 0.6 is 0 Å². The molecule has 1 aliphatic rings. The highest BCUT2D eigenvalue weighted by atomic mass is 19.1. The van der Waals surface area contributed by atoms with Crippen molar-refractivity contribution >= 4 is 10.9 Å². The molecule has 1 saturated heterocycles. The van der Waals surface area contributed by atoms with Crippen LogP contribution in [-0.4, -0.2) is 18.2 Å². The lowest BCUT2D eigenvalue weighted by Gasteiger charge is -2.21. The Hall–Kier alpha value is -1.35. The van der Waals surface area contributed by atoms with Crippen molar-refractivity contribution in [1.82, 2.24) is 4.98 Å². The van der Waals surface area contributed by atoms with Crippen LogP contribution in [0.2, 0.25) is 0 Å². The van der Waals surface area contributed by atoms with E-state index in [2.05, 4.69) is 4.98 Å². The van der Waals surface area contributed by atoms with E-state index >= 15 is 0 Å². The Balaban J connectivity index is 2.03. The summed E-state index contributed by atoms with van der Waals surface area (Å²) in [4.78, 5) is 3.13. The lowest BCUT2D eigenvalue weighted by atomic mass is 9.93. The number of aromatic nitrogens is 1. The minimum Gasteiger partial charge on any atom is -0.381 e. The van der Waals surface area contributed by atoms with Gasteiger partial charge in [-0.2, -0.15) is 0 Å². The molecule has 0 saturated carbocycles. The number of rotatable bonds is 1. The first-order chi connectivity index (χ1) is 7.84. The van der Waals surface area contributed by atoms with Crippen molar-refractivity contribution in [3.63, 3.8) is 0 Å². The predicted molar refractivity (Wildman–Crippen MR) is 61.1 cm³/mol. The van der Waals surface area contributed by atoms with E-state index in [1.807, 2.05) is 12.3 Å². The van der Waals surface area contributed by atoms with Crippen LogP contribution in [-0.2, 0) is 4.74 Å². The van der Waals surface area contributed by atoms with Crippen molar-refractivity contribution in [2.24, 2.45) is 0 Å². The standard InChI is InChI=1S/C13H14FNO/c14-10-3-4-11-12(7-15-13(11)6-10)9-2-1-5-16-8-9/h3-4,6-7,9,15H,1-2,5,8H2/t9-/m1/s1. The quantitative estimate of drug-likeness (QED) is 0.782. The van der Waals surface area contributed by atoms with Gasteiger partial charge < -0.3 is 9.72 Å². The van der Waals surface area contributed by atoms with Gasteiger partial charge in [0, 0.05) is 29.6 Å². The zero-order valence-electron chi connectivity index (χ0n) is 9.00. The molecule has 1 atom stereocenters. The van der Waals surface area contributed by atoms with Crippen LogP contribution in [0.5, 0.6) is 0 Å². The summed E-state index contributed by atoms with van der Waals surface area (Å²) in [5.41, 5.74) is 2.13. The summed E-state index contributed by atoms with van der Waals surface area (Å²) in [6, 6.07) is 4.91. The van der Waals surface area contributed by atoms with E-state index in [9.17, 15) is 4.39 Å². The SMILES string of the molecule is Fc1ccc2c([C@@H]3CCCOC3)c[nH]c2c1. The number of H-pyrrole nitrogens is 1. The number of hydrogen-bond acceptors (Lipinski definition) is 1. The average molecular weight is 219 g/mol. The number of benzene rings is 1. The lowest BCUT2D eigenvalue weighted by Crippen LogP contribution is -2.15. The molecule has 1 aromatic carbocycles. The fourth-order valence-electron chi connectivity index (χ4n) is 2.44. The van der Waals surface area contributed by atoms with Gasteiger partial charge in [0.05, 0.1) is 6.61 Å². The Labute approximate surface area is 93.4 Å². The summed E-state index contributed by atoms with van der Waals surface area (Å²) in [5.74, 6) is 0.258. The number of fused-ring (bicyclic) bond motifs is 1. The highest BCUT2D eigenvalue weighted by molar-refractivity contribution is 5.83. The molecule has 0 bridgehead atoms. The van der Waals surface area contributed by atoms with Gasteiger partial charge in [-0.05, 0) is 36.6 Å². The van der Waals surface area contributed by atoms with Crippen LogP contribution < -0.4 is 0 Å². The fourth-order valence-corrected chi connectivity index (χ4v) is 2.44. The van der Waals surface area contributed by atoms with Gasteiger partial charge in [-0.1, -0.05) is 0 Å². The van der Waals surface area contributed by atoms with Crippen LogP contribution in [0, 0.1) is 5.82 Å². The van der Waals surface area contributed by atoms with Crippen molar-refractivity contribution < 1.29 is 9.13 Å². The topological polar surface area (TPSA) is 25.0 Å². The first-order valence-electron chi connectivity index (χ1n) is 5.69. The minimum atomic E-state index is -0.194. The molecule has 0 aliphatic carbocycles. The second kappa shape index (κ2) is 3.91. The molecule has 2 aromatic rings. The molecule has 1 N–H and O–H groups in total. The van der Waals surface area contributed by atoms with Crippen LogP contribution in [0.25, 0.3) is 10.9 Å². The first kappa shape index (κ1) is 9.85. The van der Waals surface area contributed by atoms with Crippen molar-refractivity contribution in [2.75, 3.05) is 13.2 Å². The summed E-state index contributed by atoms with van der Waals surface area (Å²) >= 11 is 0. The van der Waals surface area contributed by atoms with Crippen molar-refractivity contribution in [3.05, 3.63) is 35.8 Å². The molecule has 1 aromatic heterocycles. The third-order valence-corrected chi connectivity index (χ3v) is 3.28. The van der Waals surface area contributed by atoms with Gasteiger partial charge in [-0.15, -0.1) is 0 Å².